The van der Waals surface area contributed by atoms with Crippen molar-refractivity contribution in [2.45, 2.75) is 19.1 Å². The topological polar surface area (TPSA) is 90.3 Å². The van der Waals surface area contributed by atoms with Crippen LogP contribution in [-0.4, -0.2) is 44.0 Å². The average molecular weight is 233 g/mol. The normalized spacial score (nSPS) is 13.3. The number of nitrogens with zero attached hydrogens (tertiary/aromatic N) is 2. The maximum absolute atomic E-state index is 11.7. The van der Waals surface area contributed by atoms with Crippen LogP contribution in [-0.2, 0) is 14.8 Å². The predicted molar refractivity (Wildman–Crippen MR) is 55.3 cm³/mol. The molecule has 0 saturated heterocycles. The molecule has 7 heteroatoms. The molecule has 0 aliphatic rings. The van der Waals surface area contributed by atoms with Gasteiger partial charge in [0.25, 0.3) is 0 Å². The Balaban J connectivity index is 4.84. The molecule has 0 fully saturated rings. The molecule has 1 amide bonds. The van der Waals surface area contributed by atoms with E-state index in [4.69, 9.17) is 5.26 Å². The Kier molecular flexibility index (Phi) is 5.25. The molecule has 86 valence electrons. The number of sulfonamides is 1. The third kappa shape index (κ3) is 3.49. The maximum Gasteiger partial charge on any atom is 0.235 e. The Morgan fingerprint density at radius 3 is 2.47 bits per heavy atom. The fourth-order valence-corrected chi connectivity index (χ4v) is 2.15. The Morgan fingerprint density at radius 1 is 1.60 bits per heavy atom. The highest BCUT2D eigenvalue weighted by Crippen LogP contribution is 2.07. The molecule has 0 spiro atoms. The van der Waals surface area contributed by atoms with Crippen molar-refractivity contribution in [3.63, 3.8) is 0 Å². The number of nitriles is 1. The Labute approximate surface area is 89.9 Å². The summed E-state index contributed by atoms with van der Waals surface area (Å²) < 4.78 is 24.3. The number of carbonyl (C=O) groups is 1. The van der Waals surface area contributed by atoms with E-state index < -0.39 is 21.2 Å². The molecule has 0 aromatic carbocycles. The lowest BCUT2D eigenvalue weighted by molar-refractivity contribution is -0.120. The standard InChI is InChI=1S/C8H15N3O3S/c1-4-11(6-8(12)10-3)15(13,14)7(2)5-9/h7H,4,6H2,1-3H3,(H,10,12). The Hall–Kier alpha value is -1.13. The molecule has 1 N–H and O–H groups in total. The van der Waals surface area contributed by atoms with Crippen LogP contribution in [0.3, 0.4) is 0 Å². The third-order valence-corrected chi connectivity index (χ3v) is 4.05. The summed E-state index contributed by atoms with van der Waals surface area (Å²) in [5, 5.41) is 9.74. The van der Waals surface area contributed by atoms with E-state index in [0.717, 1.165) is 4.31 Å². The van der Waals surface area contributed by atoms with Crippen molar-refractivity contribution >= 4 is 15.9 Å². The van der Waals surface area contributed by atoms with Gasteiger partial charge in [0.1, 0.15) is 0 Å². The first kappa shape index (κ1) is 13.9. The van der Waals surface area contributed by atoms with Crippen LogP contribution in [0.5, 0.6) is 0 Å². The highest BCUT2D eigenvalue weighted by molar-refractivity contribution is 7.90. The molecule has 1 unspecified atom stereocenters. The van der Waals surface area contributed by atoms with E-state index in [1.807, 2.05) is 0 Å². The summed E-state index contributed by atoms with van der Waals surface area (Å²) in [7, 11) is -2.27. The summed E-state index contributed by atoms with van der Waals surface area (Å²) >= 11 is 0. The van der Waals surface area contributed by atoms with Crippen molar-refractivity contribution in [3.8, 4) is 6.07 Å². The molecule has 0 aliphatic heterocycles. The van der Waals surface area contributed by atoms with Gasteiger partial charge in [0, 0.05) is 13.6 Å². The quantitative estimate of drug-likeness (QED) is 0.679. The predicted octanol–water partition coefficient (Wildman–Crippen LogP) is -0.704. The average Bonchev–Trinajstić information content (AvgIpc) is 2.23. The van der Waals surface area contributed by atoms with Gasteiger partial charge in [-0.25, -0.2) is 8.42 Å². The summed E-state index contributed by atoms with van der Waals surface area (Å²) in [5.41, 5.74) is 0. The van der Waals surface area contributed by atoms with Gasteiger partial charge < -0.3 is 5.32 Å². The van der Waals surface area contributed by atoms with Gasteiger partial charge in [-0.2, -0.15) is 9.57 Å². The monoisotopic (exact) mass is 233 g/mol. The first-order valence-electron chi connectivity index (χ1n) is 4.49. The number of carbonyl (C=O) groups excluding carboxylic acids is 1. The summed E-state index contributed by atoms with van der Waals surface area (Å²) in [6, 6.07) is 1.65. The second-order valence-electron chi connectivity index (χ2n) is 2.92. The van der Waals surface area contributed by atoms with E-state index in [2.05, 4.69) is 5.32 Å². The lowest BCUT2D eigenvalue weighted by Gasteiger charge is -2.20. The van der Waals surface area contributed by atoms with Crippen LogP contribution in [0.15, 0.2) is 0 Å². The minimum absolute atomic E-state index is 0.168. The molecular weight excluding hydrogens is 218 g/mol. The van der Waals surface area contributed by atoms with Crippen molar-refractivity contribution in [2.24, 2.45) is 0 Å². The fourth-order valence-electron chi connectivity index (χ4n) is 0.911. The van der Waals surface area contributed by atoms with E-state index in [0.29, 0.717) is 0 Å². The first-order chi connectivity index (χ1) is 6.89. The van der Waals surface area contributed by atoms with Gasteiger partial charge in [-0.3, -0.25) is 4.79 Å². The number of hydrogen-bond donors (Lipinski definition) is 1. The number of likely N-dealkylation sites (N-methyl/N-ethyl adjacent to an activating group) is 2. The molecule has 0 rings (SSSR count). The smallest absolute Gasteiger partial charge is 0.235 e. The second kappa shape index (κ2) is 5.68. The number of rotatable bonds is 5. The van der Waals surface area contributed by atoms with Crippen LogP contribution in [0.4, 0.5) is 0 Å². The van der Waals surface area contributed by atoms with E-state index in [-0.39, 0.29) is 13.1 Å². The molecule has 0 heterocycles. The van der Waals surface area contributed by atoms with Gasteiger partial charge in [0.05, 0.1) is 12.6 Å². The zero-order valence-electron chi connectivity index (χ0n) is 9.02. The Bertz CT molecular complexity index is 358. The third-order valence-electron chi connectivity index (χ3n) is 1.94. The van der Waals surface area contributed by atoms with Gasteiger partial charge in [-0.15, -0.1) is 0 Å². The molecule has 0 saturated carbocycles. The first-order valence-corrected chi connectivity index (χ1v) is 5.99. The molecule has 0 radical (unpaired) electrons. The van der Waals surface area contributed by atoms with E-state index in [1.54, 1.807) is 13.0 Å². The second-order valence-corrected chi connectivity index (χ2v) is 5.17. The summed E-state index contributed by atoms with van der Waals surface area (Å²) in [4.78, 5) is 11.0. The van der Waals surface area contributed by atoms with Crippen molar-refractivity contribution in [3.05, 3.63) is 0 Å². The number of amides is 1. The SMILES string of the molecule is CCN(CC(=O)NC)S(=O)(=O)C(C)C#N. The van der Waals surface area contributed by atoms with Crippen molar-refractivity contribution in [1.29, 1.82) is 5.26 Å². The van der Waals surface area contributed by atoms with Crippen LogP contribution < -0.4 is 5.32 Å². The fraction of sp³-hybridized carbons (Fsp3) is 0.750. The van der Waals surface area contributed by atoms with Crippen molar-refractivity contribution < 1.29 is 13.2 Å². The van der Waals surface area contributed by atoms with E-state index in [1.165, 1.54) is 14.0 Å². The van der Waals surface area contributed by atoms with E-state index >= 15 is 0 Å². The van der Waals surface area contributed by atoms with Crippen molar-refractivity contribution in [1.82, 2.24) is 9.62 Å². The molecule has 1 atom stereocenters. The molecule has 0 aliphatic carbocycles. The van der Waals surface area contributed by atoms with Crippen LogP contribution >= 0.6 is 0 Å². The van der Waals surface area contributed by atoms with Gasteiger partial charge in [-0.05, 0) is 6.92 Å². The van der Waals surface area contributed by atoms with Crippen LogP contribution in [0, 0.1) is 11.3 Å². The van der Waals surface area contributed by atoms with Gasteiger partial charge in [0.2, 0.25) is 15.9 Å². The Morgan fingerprint density at radius 2 is 2.13 bits per heavy atom. The summed E-state index contributed by atoms with van der Waals surface area (Å²) in [6.45, 7) is 2.83. The molecule has 0 aromatic heterocycles. The molecule has 0 bridgehead atoms. The molecular formula is C8H15N3O3S. The largest absolute Gasteiger partial charge is 0.358 e. The van der Waals surface area contributed by atoms with Gasteiger partial charge >= 0.3 is 0 Å². The summed E-state index contributed by atoms with van der Waals surface area (Å²) in [5.74, 6) is -0.398. The molecule has 6 nitrogen and oxygen atoms in total. The lowest BCUT2D eigenvalue weighted by Crippen LogP contribution is -2.42. The number of hydrogen-bond acceptors (Lipinski definition) is 4. The zero-order valence-corrected chi connectivity index (χ0v) is 9.84. The maximum atomic E-state index is 11.7. The van der Waals surface area contributed by atoms with Crippen LogP contribution in [0.25, 0.3) is 0 Å². The van der Waals surface area contributed by atoms with Crippen molar-refractivity contribution in [2.75, 3.05) is 20.1 Å². The zero-order chi connectivity index (χ0) is 12.1. The molecule has 15 heavy (non-hydrogen) atoms. The minimum atomic E-state index is -3.69. The van der Waals surface area contributed by atoms with Gasteiger partial charge in [0.15, 0.2) is 5.25 Å². The highest BCUT2D eigenvalue weighted by atomic mass is 32.2. The van der Waals surface area contributed by atoms with Gasteiger partial charge in [-0.1, -0.05) is 6.92 Å². The van der Waals surface area contributed by atoms with E-state index in [9.17, 15) is 13.2 Å². The molecule has 0 aromatic rings. The number of nitrogens with one attached hydrogen (secondary N) is 1. The highest BCUT2D eigenvalue weighted by Gasteiger charge is 2.28. The van der Waals surface area contributed by atoms with Crippen LogP contribution in [0.1, 0.15) is 13.8 Å². The lowest BCUT2D eigenvalue weighted by atomic mass is 10.5. The van der Waals surface area contributed by atoms with Crippen LogP contribution in [0.2, 0.25) is 0 Å². The minimum Gasteiger partial charge on any atom is -0.358 e. The summed E-state index contributed by atoms with van der Waals surface area (Å²) in [6.07, 6.45) is 0.